The maximum atomic E-state index is 11.3. The molecule has 0 saturated heterocycles. The van der Waals surface area contributed by atoms with Crippen LogP contribution in [-0.2, 0) is 14.3 Å². The maximum absolute atomic E-state index is 11.3. The van der Waals surface area contributed by atoms with Gasteiger partial charge in [-0.3, -0.25) is 4.79 Å². The highest BCUT2D eigenvalue weighted by molar-refractivity contribution is 5.67. The topological polar surface area (TPSA) is 88.1 Å². The number of ether oxygens (including phenoxy) is 2. The molecule has 7 heteroatoms. The highest BCUT2D eigenvalue weighted by Gasteiger charge is 2.15. The predicted molar refractivity (Wildman–Crippen MR) is 74.8 cm³/mol. The van der Waals surface area contributed by atoms with Crippen molar-refractivity contribution in [2.75, 3.05) is 39.9 Å². The van der Waals surface area contributed by atoms with Crippen LogP contribution in [0.4, 0.5) is 4.79 Å². The average molecular weight is 290 g/mol. The van der Waals surface area contributed by atoms with Gasteiger partial charge in [-0.05, 0) is 27.8 Å². The first-order chi connectivity index (χ1) is 9.20. The third-order valence-electron chi connectivity index (χ3n) is 2.24. The fourth-order valence-corrected chi connectivity index (χ4v) is 1.26. The summed E-state index contributed by atoms with van der Waals surface area (Å²) in [6.07, 6.45) is -0.337. The fraction of sp³-hybridized carbons (Fsp3) is 0.846. The van der Waals surface area contributed by atoms with Gasteiger partial charge < -0.3 is 24.8 Å². The van der Waals surface area contributed by atoms with E-state index in [1.807, 2.05) is 11.9 Å². The molecule has 20 heavy (non-hydrogen) atoms. The lowest BCUT2D eigenvalue weighted by atomic mass is 10.2. The number of nitrogens with one attached hydrogen (secondary N) is 1. The van der Waals surface area contributed by atoms with Gasteiger partial charge in [0.2, 0.25) is 0 Å². The van der Waals surface area contributed by atoms with E-state index in [2.05, 4.69) is 5.32 Å². The molecule has 118 valence electrons. The highest BCUT2D eigenvalue weighted by atomic mass is 16.6. The molecule has 0 aromatic heterocycles. The predicted octanol–water partition coefficient (Wildman–Crippen LogP) is 0.934. The molecule has 0 bridgehead atoms. The van der Waals surface area contributed by atoms with E-state index >= 15 is 0 Å². The number of carboxylic acids is 1. The number of nitrogens with zero attached hydrogens (tertiary/aromatic N) is 1. The van der Waals surface area contributed by atoms with E-state index in [-0.39, 0.29) is 6.42 Å². The van der Waals surface area contributed by atoms with Gasteiger partial charge in [0, 0.05) is 19.6 Å². The van der Waals surface area contributed by atoms with E-state index in [9.17, 15) is 9.59 Å². The first kappa shape index (κ1) is 18.7. The lowest BCUT2D eigenvalue weighted by molar-refractivity contribution is -0.137. The summed E-state index contributed by atoms with van der Waals surface area (Å²) in [7, 11) is 1.84. The molecule has 0 fully saturated rings. The van der Waals surface area contributed by atoms with Crippen LogP contribution < -0.4 is 5.32 Å². The van der Waals surface area contributed by atoms with Crippen LogP contribution in [0.2, 0.25) is 0 Å². The van der Waals surface area contributed by atoms with Gasteiger partial charge in [-0.1, -0.05) is 0 Å². The first-order valence-corrected chi connectivity index (χ1v) is 6.65. The van der Waals surface area contributed by atoms with Crippen molar-refractivity contribution in [1.82, 2.24) is 10.2 Å². The Labute approximate surface area is 120 Å². The minimum Gasteiger partial charge on any atom is -0.481 e. The molecule has 0 spiro atoms. The van der Waals surface area contributed by atoms with Crippen molar-refractivity contribution in [3.8, 4) is 0 Å². The molecule has 2 N–H and O–H groups in total. The summed E-state index contributed by atoms with van der Waals surface area (Å²) >= 11 is 0. The molecule has 0 heterocycles. The zero-order chi connectivity index (χ0) is 15.6. The molecule has 0 aromatic carbocycles. The van der Waals surface area contributed by atoms with Crippen LogP contribution in [0.15, 0.2) is 0 Å². The Morgan fingerprint density at radius 2 is 1.85 bits per heavy atom. The number of carbonyl (C=O) groups excluding carboxylic acids is 1. The lowest BCUT2D eigenvalue weighted by Crippen LogP contribution is -2.34. The molecule has 1 amide bonds. The van der Waals surface area contributed by atoms with E-state index in [0.29, 0.717) is 32.8 Å². The van der Waals surface area contributed by atoms with Crippen LogP contribution in [0, 0.1) is 0 Å². The quantitative estimate of drug-likeness (QED) is 0.614. The summed E-state index contributed by atoms with van der Waals surface area (Å²) in [6, 6.07) is 0. The number of alkyl carbamates (subject to hydrolysis) is 1. The van der Waals surface area contributed by atoms with Crippen LogP contribution >= 0.6 is 0 Å². The standard InChI is InChI=1S/C13H26N2O5/c1-13(2,3)20-12(18)14-6-9-19-10-8-15(4)7-5-11(16)17/h5-10H2,1-4H3,(H,14,18)(H,16,17). The molecule has 0 saturated carbocycles. The molecule has 7 nitrogen and oxygen atoms in total. The zero-order valence-electron chi connectivity index (χ0n) is 12.8. The second kappa shape index (κ2) is 9.55. The summed E-state index contributed by atoms with van der Waals surface area (Å²) in [6.45, 7) is 7.82. The maximum Gasteiger partial charge on any atom is 0.407 e. The van der Waals surface area contributed by atoms with Crippen molar-refractivity contribution in [2.45, 2.75) is 32.8 Å². The van der Waals surface area contributed by atoms with Crippen LogP contribution in [0.5, 0.6) is 0 Å². The fourth-order valence-electron chi connectivity index (χ4n) is 1.26. The van der Waals surface area contributed by atoms with Gasteiger partial charge in [0.15, 0.2) is 0 Å². The number of likely N-dealkylation sites (N-methyl/N-ethyl adjacent to an activating group) is 1. The average Bonchev–Trinajstić information content (AvgIpc) is 2.28. The van der Waals surface area contributed by atoms with Crippen LogP contribution in [-0.4, -0.2) is 67.6 Å². The van der Waals surface area contributed by atoms with Crippen LogP contribution in [0.25, 0.3) is 0 Å². The number of carboxylic acid groups (broad SMARTS) is 1. The molecule has 0 aliphatic carbocycles. The number of carbonyl (C=O) groups is 2. The molecule has 0 aromatic rings. The van der Waals surface area contributed by atoms with Gasteiger partial charge >= 0.3 is 12.1 Å². The Kier molecular flexibility index (Phi) is 8.91. The summed E-state index contributed by atoms with van der Waals surface area (Å²) in [5.41, 5.74) is -0.502. The van der Waals surface area contributed by atoms with E-state index in [1.165, 1.54) is 0 Å². The summed E-state index contributed by atoms with van der Waals surface area (Å²) < 4.78 is 10.4. The van der Waals surface area contributed by atoms with Gasteiger partial charge in [0.25, 0.3) is 0 Å². The third kappa shape index (κ3) is 13.1. The second-order valence-corrected chi connectivity index (χ2v) is 5.49. The monoisotopic (exact) mass is 290 g/mol. The Morgan fingerprint density at radius 1 is 1.20 bits per heavy atom. The van der Waals surface area contributed by atoms with E-state index in [4.69, 9.17) is 14.6 Å². The number of rotatable bonds is 9. The smallest absolute Gasteiger partial charge is 0.407 e. The lowest BCUT2D eigenvalue weighted by Gasteiger charge is -2.19. The Hall–Kier alpha value is -1.34. The minimum absolute atomic E-state index is 0.122. The van der Waals surface area contributed by atoms with Crippen molar-refractivity contribution in [2.24, 2.45) is 0 Å². The Bertz CT molecular complexity index is 302. The van der Waals surface area contributed by atoms with Crippen molar-refractivity contribution in [3.05, 3.63) is 0 Å². The first-order valence-electron chi connectivity index (χ1n) is 6.65. The van der Waals surface area contributed by atoms with E-state index < -0.39 is 17.7 Å². The van der Waals surface area contributed by atoms with Gasteiger partial charge in [0.05, 0.1) is 19.6 Å². The van der Waals surface area contributed by atoms with Crippen LogP contribution in [0.3, 0.4) is 0 Å². The van der Waals surface area contributed by atoms with Crippen molar-refractivity contribution in [3.63, 3.8) is 0 Å². The van der Waals surface area contributed by atoms with Gasteiger partial charge in [0.1, 0.15) is 5.60 Å². The molecule has 0 atom stereocenters. The van der Waals surface area contributed by atoms with Crippen LogP contribution in [0.1, 0.15) is 27.2 Å². The number of hydrogen-bond acceptors (Lipinski definition) is 5. The molecule has 0 rings (SSSR count). The SMILES string of the molecule is CN(CCOCCNC(=O)OC(C)(C)C)CCC(=O)O. The molecule has 0 radical (unpaired) electrons. The molecule has 0 unspecified atom stereocenters. The molecule has 0 aliphatic heterocycles. The Morgan fingerprint density at radius 3 is 2.40 bits per heavy atom. The molecule has 0 aliphatic rings. The van der Waals surface area contributed by atoms with E-state index in [1.54, 1.807) is 20.8 Å². The number of hydrogen-bond donors (Lipinski definition) is 2. The Balaban J connectivity index is 3.44. The summed E-state index contributed by atoms with van der Waals surface area (Å²) in [4.78, 5) is 23.6. The van der Waals surface area contributed by atoms with Crippen molar-refractivity contribution >= 4 is 12.1 Å². The zero-order valence-corrected chi connectivity index (χ0v) is 12.8. The number of amides is 1. The third-order valence-corrected chi connectivity index (χ3v) is 2.24. The second-order valence-electron chi connectivity index (χ2n) is 5.49. The highest BCUT2D eigenvalue weighted by Crippen LogP contribution is 2.05. The largest absolute Gasteiger partial charge is 0.481 e. The minimum atomic E-state index is -0.806. The number of aliphatic carboxylic acids is 1. The summed E-state index contributed by atoms with van der Waals surface area (Å²) in [5.74, 6) is -0.806. The van der Waals surface area contributed by atoms with E-state index in [0.717, 1.165) is 0 Å². The molecular weight excluding hydrogens is 264 g/mol. The normalized spacial score (nSPS) is 11.4. The summed E-state index contributed by atoms with van der Waals surface area (Å²) in [5, 5.41) is 11.1. The van der Waals surface area contributed by atoms with Crippen molar-refractivity contribution in [1.29, 1.82) is 0 Å². The van der Waals surface area contributed by atoms with Crippen molar-refractivity contribution < 1.29 is 24.2 Å². The van der Waals surface area contributed by atoms with Gasteiger partial charge in [-0.2, -0.15) is 0 Å². The van der Waals surface area contributed by atoms with Gasteiger partial charge in [-0.15, -0.1) is 0 Å². The van der Waals surface area contributed by atoms with Gasteiger partial charge in [-0.25, -0.2) is 4.79 Å². The molecular formula is C13H26N2O5.